The molecule has 0 spiro atoms. The van der Waals surface area contributed by atoms with E-state index in [4.69, 9.17) is 26.4 Å². The Balaban J connectivity index is 3.89. The molecule has 0 saturated heterocycles. The molecule has 0 radical (unpaired) electrons. The van der Waals surface area contributed by atoms with Crippen molar-refractivity contribution in [1.29, 1.82) is 0 Å². The number of rotatable bonds is 11. The number of methoxy groups -OCH3 is 3. The molecule has 0 saturated carbocycles. The van der Waals surface area contributed by atoms with E-state index in [1.54, 1.807) is 21.3 Å². The molecular weight excluding hydrogens is 252 g/mol. The van der Waals surface area contributed by atoms with E-state index in [1.165, 1.54) is 0 Å². The molecule has 0 amide bonds. The van der Waals surface area contributed by atoms with Crippen molar-refractivity contribution < 1.29 is 14.2 Å². The van der Waals surface area contributed by atoms with Gasteiger partial charge in [0.15, 0.2) is 5.11 Å². The molecule has 0 aromatic heterocycles. The van der Waals surface area contributed by atoms with E-state index in [0.717, 1.165) is 50.8 Å². The number of thiocarbonyl (C=S) groups is 1. The van der Waals surface area contributed by atoms with Crippen molar-refractivity contribution in [1.82, 2.24) is 10.2 Å². The Labute approximate surface area is 116 Å². The lowest BCUT2D eigenvalue weighted by Gasteiger charge is -2.25. The molecule has 6 heteroatoms. The first kappa shape index (κ1) is 17.6. The molecule has 5 nitrogen and oxygen atoms in total. The van der Waals surface area contributed by atoms with Crippen LogP contribution in [0, 0.1) is 0 Å². The Hall–Kier alpha value is -0.430. The van der Waals surface area contributed by atoms with Crippen molar-refractivity contribution in [2.45, 2.75) is 12.8 Å². The summed E-state index contributed by atoms with van der Waals surface area (Å²) in [6.45, 7) is 4.68. The van der Waals surface area contributed by atoms with Crippen LogP contribution in [-0.2, 0) is 14.2 Å². The summed E-state index contributed by atoms with van der Waals surface area (Å²) in [6, 6.07) is 0. The van der Waals surface area contributed by atoms with Gasteiger partial charge in [0, 0.05) is 54.2 Å². The molecule has 1 N–H and O–H groups in total. The Morgan fingerprint density at radius 2 is 1.56 bits per heavy atom. The standard InChI is InChI=1S/C12H26N2O3S/c1-15-9-4-6-13-12(18)14(8-11-17-3)7-5-10-16-2/h4-11H2,1-3H3,(H,13,18). The van der Waals surface area contributed by atoms with Gasteiger partial charge in [-0.2, -0.15) is 0 Å². The monoisotopic (exact) mass is 278 g/mol. The Morgan fingerprint density at radius 3 is 2.17 bits per heavy atom. The van der Waals surface area contributed by atoms with Gasteiger partial charge in [0.05, 0.1) is 6.61 Å². The van der Waals surface area contributed by atoms with Crippen LogP contribution in [0.3, 0.4) is 0 Å². The highest BCUT2D eigenvalue weighted by Crippen LogP contribution is 1.95. The Kier molecular flexibility index (Phi) is 12.7. The zero-order chi connectivity index (χ0) is 13.6. The van der Waals surface area contributed by atoms with Gasteiger partial charge in [-0.15, -0.1) is 0 Å². The molecule has 0 fully saturated rings. The Bertz CT molecular complexity index is 206. The first-order valence-corrected chi connectivity index (χ1v) is 6.66. The van der Waals surface area contributed by atoms with Crippen LogP contribution >= 0.6 is 12.2 Å². The van der Waals surface area contributed by atoms with Gasteiger partial charge >= 0.3 is 0 Å². The lowest BCUT2D eigenvalue weighted by atomic mass is 10.4. The molecule has 0 aliphatic rings. The summed E-state index contributed by atoms with van der Waals surface area (Å²) >= 11 is 5.37. The van der Waals surface area contributed by atoms with Crippen LogP contribution in [0.2, 0.25) is 0 Å². The predicted molar refractivity (Wildman–Crippen MR) is 77.0 cm³/mol. The Morgan fingerprint density at radius 1 is 0.944 bits per heavy atom. The quantitative estimate of drug-likeness (QED) is 0.447. The minimum atomic E-state index is 0.673. The third-order valence-electron chi connectivity index (χ3n) is 2.43. The molecular formula is C12H26N2O3S. The van der Waals surface area contributed by atoms with Crippen molar-refractivity contribution >= 4 is 17.3 Å². The molecule has 0 aliphatic heterocycles. The van der Waals surface area contributed by atoms with Crippen LogP contribution in [-0.4, -0.2) is 70.8 Å². The minimum Gasteiger partial charge on any atom is -0.385 e. The lowest BCUT2D eigenvalue weighted by molar-refractivity contribution is 0.160. The highest BCUT2D eigenvalue weighted by Gasteiger charge is 2.08. The normalized spacial score (nSPS) is 10.4. The maximum Gasteiger partial charge on any atom is 0.169 e. The number of hydrogen-bond donors (Lipinski definition) is 1. The third-order valence-corrected chi connectivity index (χ3v) is 2.83. The minimum absolute atomic E-state index is 0.673. The van der Waals surface area contributed by atoms with Gasteiger partial charge in [-0.05, 0) is 25.1 Å². The zero-order valence-electron chi connectivity index (χ0n) is 11.7. The number of nitrogens with one attached hydrogen (secondary N) is 1. The summed E-state index contributed by atoms with van der Waals surface area (Å²) in [6.07, 6.45) is 1.91. The van der Waals surface area contributed by atoms with Crippen molar-refractivity contribution in [3.05, 3.63) is 0 Å². The average Bonchev–Trinajstić information content (AvgIpc) is 2.38. The van der Waals surface area contributed by atoms with Crippen LogP contribution < -0.4 is 5.32 Å². The van der Waals surface area contributed by atoms with Gasteiger partial charge in [-0.25, -0.2) is 0 Å². The summed E-state index contributed by atoms with van der Waals surface area (Å²) in [4.78, 5) is 2.12. The first-order valence-electron chi connectivity index (χ1n) is 6.25. The SMILES string of the molecule is COCCCNC(=S)N(CCCOC)CCOC. The number of nitrogens with zero attached hydrogens (tertiary/aromatic N) is 1. The van der Waals surface area contributed by atoms with Gasteiger partial charge in [0.1, 0.15) is 0 Å². The van der Waals surface area contributed by atoms with Crippen LogP contribution in [0.4, 0.5) is 0 Å². The van der Waals surface area contributed by atoms with Crippen LogP contribution in [0.1, 0.15) is 12.8 Å². The molecule has 0 rings (SSSR count). The van der Waals surface area contributed by atoms with E-state index in [-0.39, 0.29) is 0 Å². The van der Waals surface area contributed by atoms with E-state index < -0.39 is 0 Å². The van der Waals surface area contributed by atoms with Crippen molar-refractivity contribution in [3.63, 3.8) is 0 Å². The predicted octanol–water partition coefficient (Wildman–Crippen LogP) is 0.882. The van der Waals surface area contributed by atoms with E-state index in [9.17, 15) is 0 Å². The third kappa shape index (κ3) is 9.58. The zero-order valence-corrected chi connectivity index (χ0v) is 12.6. The first-order chi connectivity index (χ1) is 8.76. The molecule has 0 heterocycles. The number of hydrogen-bond acceptors (Lipinski definition) is 4. The molecule has 0 aliphatic carbocycles. The summed E-state index contributed by atoms with van der Waals surface area (Å²) in [7, 11) is 5.11. The van der Waals surface area contributed by atoms with E-state index in [2.05, 4.69) is 10.2 Å². The fraction of sp³-hybridized carbons (Fsp3) is 0.917. The second-order valence-corrected chi connectivity index (χ2v) is 4.29. The van der Waals surface area contributed by atoms with E-state index in [1.807, 2.05) is 0 Å². The maximum atomic E-state index is 5.37. The van der Waals surface area contributed by atoms with Crippen LogP contribution in [0.5, 0.6) is 0 Å². The average molecular weight is 278 g/mol. The molecule has 18 heavy (non-hydrogen) atoms. The molecule has 0 atom stereocenters. The summed E-state index contributed by atoms with van der Waals surface area (Å²) in [5.74, 6) is 0. The highest BCUT2D eigenvalue weighted by molar-refractivity contribution is 7.80. The van der Waals surface area contributed by atoms with Crippen LogP contribution in [0.15, 0.2) is 0 Å². The topological polar surface area (TPSA) is 43.0 Å². The van der Waals surface area contributed by atoms with Crippen molar-refractivity contribution in [2.75, 3.05) is 60.8 Å². The van der Waals surface area contributed by atoms with Gasteiger partial charge < -0.3 is 24.4 Å². The molecule has 0 bridgehead atoms. The second kappa shape index (κ2) is 13.0. The maximum absolute atomic E-state index is 5.37. The van der Waals surface area contributed by atoms with Gasteiger partial charge in [-0.3, -0.25) is 0 Å². The summed E-state index contributed by atoms with van der Waals surface area (Å²) in [5, 5.41) is 4.01. The summed E-state index contributed by atoms with van der Waals surface area (Å²) < 4.78 is 15.1. The van der Waals surface area contributed by atoms with Crippen molar-refractivity contribution in [2.24, 2.45) is 0 Å². The van der Waals surface area contributed by atoms with Crippen LogP contribution in [0.25, 0.3) is 0 Å². The van der Waals surface area contributed by atoms with Gasteiger partial charge in [0.2, 0.25) is 0 Å². The fourth-order valence-corrected chi connectivity index (χ4v) is 1.72. The molecule has 0 aromatic rings. The van der Waals surface area contributed by atoms with Crippen molar-refractivity contribution in [3.8, 4) is 0 Å². The summed E-state index contributed by atoms with van der Waals surface area (Å²) in [5.41, 5.74) is 0. The lowest BCUT2D eigenvalue weighted by Crippen LogP contribution is -2.42. The van der Waals surface area contributed by atoms with E-state index >= 15 is 0 Å². The highest BCUT2D eigenvalue weighted by atomic mass is 32.1. The fourth-order valence-electron chi connectivity index (χ4n) is 1.44. The molecule has 108 valence electrons. The van der Waals surface area contributed by atoms with Gasteiger partial charge in [0.25, 0.3) is 0 Å². The van der Waals surface area contributed by atoms with E-state index in [0.29, 0.717) is 6.61 Å². The largest absolute Gasteiger partial charge is 0.385 e. The smallest absolute Gasteiger partial charge is 0.169 e. The number of ether oxygens (including phenoxy) is 3. The second-order valence-electron chi connectivity index (χ2n) is 3.90. The van der Waals surface area contributed by atoms with Gasteiger partial charge in [-0.1, -0.05) is 0 Å². The molecule has 0 aromatic carbocycles. The molecule has 0 unspecified atom stereocenters.